The Balaban J connectivity index is 2.08. The number of hydrogen-bond acceptors (Lipinski definition) is 7. The molecule has 25 heavy (non-hydrogen) atoms. The van der Waals surface area contributed by atoms with Crippen LogP contribution in [-0.4, -0.2) is 39.2 Å². The number of carbonyl (C=O) groups is 2. The van der Waals surface area contributed by atoms with Crippen molar-refractivity contribution in [3.8, 4) is 0 Å². The van der Waals surface area contributed by atoms with Crippen LogP contribution in [0.1, 0.15) is 12.6 Å². The Kier molecular flexibility index (Phi) is 6.54. The molecule has 0 aromatic carbocycles. The van der Waals surface area contributed by atoms with E-state index in [1.807, 2.05) is 0 Å². The maximum Gasteiger partial charge on any atom is 0.311 e. The molecule has 0 spiro atoms. The molecular formula is C15H15ClN4O4S. The third kappa shape index (κ3) is 5.57. The van der Waals surface area contributed by atoms with Crippen molar-refractivity contribution < 1.29 is 14.3 Å². The van der Waals surface area contributed by atoms with Crippen LogP contribution in [0.15, 0.2) is 34.3 Å². The molecule has 0 saturated carbocycles. The topological polar surface area (TPSA) is 114 Å². The molecule has 0 aliphatic heterocycles. The number of esters is 1. The number of hydrogen-bond donors (Lipinski definition) is 2. The van der Waals surface area contributed by atoms with Crippen LogP contribution in [0.4, 0.5) is 5.69 Å². The molecule has 10 heteroatoms. The Bertz CT molecular complexity index is 842. The average Bonchev–Trinajstić information content (AvgIpc) is 2.56. The van der Waals surface area contributed by atoms with E-state index in [0.29, 0.717) is 5.69 Å². The van der Waals surface area contributed by atoms with E-state index in [1.165, 1.54) is 19.4 Å². The average molecular weight is 383 g/mol. The number of ether oxygens (including phenoxy) is 1. The summed E-state index contributed by atoms with van der Waals surface area (Å²) in [6.45, 7) is 1.65. The SMILES string of the molecule is COC(=O)Cc1cc(=O)[nH]c(S[C@@H](C)C(=O)Nc2cccnc2Cl)n1. The lowest BCUT2D eigenvalue weighted by molar-refractivity contribution is -0.139. The molecule has 0 aliphatic carbocycles. The molecule has 2 heterocycles. The molecule has 2 rings (SSSR count). The van der Waals surface area contributed by atoms with Crippen LogP contribution in [0, 0.1) is 0 Å². The number of thioether (sulfide) groups is 1. The number of rotatable bonds is 6. The molecule has 1 atom stereocenters. The first-order valence-electron chi connectivity index (χ1n) is 7.14. The van der Waals surface area contributed by atoms with Gasteiger partial charge < -0.3 is 15.0 Å². The van der Waals surface area contributed by atoms with Crippen LogP contribution in [0.2, 0.25) is 5.15 Å². The van der Waals surface area contributed by atoms with Gasteiger partial charge in [-0.05, 0) is 19.1 Å². The predicted octanol–water partition coefficient (Wildman–Crippen LogP) is 1.65. The molecule has 1 amide bonds. The fourth-order valence-corrected chi connectivity index (χ4v) is 2.78. The van der Waals surface area contributed by atoms with E-state index in [9.17, 15) is 14.4 Å². The summed E-state index contributed by atoms with van der Waals surface area (Å²) in [7, 11) is 1.25. The van der Waals surface area contributed by atoms with Gasteiger partial charge in [0.25, 0.3) is 5.56 Å². The number of pyridine rings is 1. The van der Waals surface area contributed by atoms with Gasteiger partial charge in [-0.1, -0.05) is 23.4 Å². The van der Waals surface area contributed by atoms with Gasteiger partial charge >= 0.3 is 5.97 Å². The maximum atomic E-state index is 12.3. The summed E-state index contributed by atoms with van der Waals surface area (Å²) in [5.74, 6) is -0.841. The molecule has 2 aromatic rings. The van der Waals surface area contributed by atoms with E-state index < -0.39 is 16.8 Å². The Morgan fingerprint density at radius 2 is 2.24 bits per heavy atom. The summed E-state index contributed by atoms with van der Waals surface area (Å²) in [6.07, 6.45) is 1.39. The third-order valence-corrected chi connectivity index (χ3v) is 4.29. The molecular weight excluding hydrogens is 368 g/mol. The van der Waals surface area contributed by atoms with Gasteiger partial charge in [0.1, 0.15) is 0 Å². The van der Waals surface area contributed by atoms with Crippen molar-refractivity contribution in [1.29, 1.82) is 0 Å². The van der Waals surface area contributed by atoms with Gasteiger partial charge in [-0.25, -0.2) is 9.97 Å². The van der Waals surface area contributed by atoms with Crippen LogP contribution < -0.4 is 10.9 Å². The first-order valence-corrected chi connectivity index (χ1v) is 8.40. The second-order valence-corrected chi connectivity index (χ2v) is 6.57. The van der Waals surface area contributed by atoms with Crippen molar-refractivity contribution >= 4 is 40.9 Å². The zero-order chi connectivity index (χ0) is 18.4. The van der Waals surface area contributed by atoms with E-state index in [0.717, 1.165) is 11.8 Å². The monoisotopic (exact) mass is 382 g/mol. The first kappa shape index (κ1) is 18.9. The highest BCUT2D eigenvalue weighted by Crippen LogP contribution is 2.22. The smallest absolute Gasteiger partial charge is 0.311 e. The Hall–Kier alpha value is -2.39. The van der Waals surface area contributed by atoms with Crippen molar-refractivity contribution in [2.24, 2.45) is 0 Å². The zero-order valence-corrected chi connectivity index (χ0v) is 15.0. The van der Waals surface area contributed by atoms with Gasteiger partial charge in [0.2, 0.25) is 5.91 Å². The molecule has 0 aliphatic rings. The van der Waals surface area contributed by atoms with Gasteiger partial charge in [0.15, 0.2) is 10.3 Å². The fraction of sp³-hybridized carbons (Fsp3) is 0.267. The standard InChI is InChI=1S/C15H15ClN4O4S/c1-8(14(23)19-10-4-3-5-17-13(10)16)25-15-18-9(6-11(21)20-15)7-12(22)24-2/h3-6,8H,7H2,1-2H3,(H,19,23)(H,18,20,21)/t8-/m0/s1. The number of amides is 1. The van der Waals surface area contributed by atoms with E-state index in [2.05, 4.69) is 25.0 Å². The van der Waals surface area contributed by atoms with Crippen LogP contribution in [0.5, 0.6) is 0 Å². The highest BCUT2D eigenvalue weighted by Gasteiger charge is 2.18. The van der Waals surface area contributed by atoms with Crippen molar-refractivity contribution in [2.45, 2.75) is 23.8 Å². The first-order chi connectivity index (χ1) is 11.9. The van der Waals surface area contributed by atoms with Gasteiger partial charge in [0.05, 0.1) is 30.2 Å². The minimum atomic E-state index is -0.576. The van der Waals surface area contributed by atoms with Gasteiger partial charge in [-0.15, -0.1) is 0 Å². The number of aromatic nitrogens is 3. The zero-order valence-electron chi connectivity index (χ0n) is 13.4. The van der Waals surface area contributed by atoms with Crippen molar-refractivity contribution in [1.82, 2.24) is 15.0 Å². The van der Waals surface area contributed by atoms with E-state index in [1.54, 1.807) is 19.1 Å². The molecule has 0 bridgehead atoms. The number of nitrogens with one attached hydrogen (secondary N) is 2. The Morgan fingerprint density at radius 3 is 2.92 bits per heavy atom. The van der Waals surface area contributed by atoms with Crippen molar-refractivity contribution in [3.05, 3.63) is 45.6 Å². The minimum absolute atomic E-state index is 0.125. The normalized spacial score (nSPS) is 11.6. The maximum absolute atomic E-state index is 12.3. The molecule has 0 unspecified atom stereocenters. The van der Waals surface area contributed by atoms with Gasteiger partial charge in [-0.2, -0.15) is 0 Å². The molecule has 8 nitrogen and oxygen atoms in total. The summed E-state index contributed by atoms with van der Waals surface area (Å²) >= 11 is 6.95. The van der Waals surface area contributed by atoms with E-state index >= 15 is 0 Å². The highest BCUT2D eigenvalue weighted by atomic mass is 35.5. The number of halogens is 1. The molecule has 0 radical (unpaired) electrons. The fourth-order valence-electron chi connectivity index (χ4n) is 1.78. The number of aromatic amines is 1. The molecule has 0 saturated heterocycles. The summed E-state index contributed by atoms with van der Waals surface area (Å²) in [5.41, 5.74) is 0.239. The number of anilines is 1. The Morgan fingerprint density at radius 1 is 1.48 bits per heavy atom. The number of nitrogens with zero attached hydrogens (tertiary/aromatic N) is 2. The quantitative estimate of drug-likeness (QED) is 0.338. The van der Waals surface area contributed by atoms with Crippen molar-refractivity contribution in [3.63, 3.8) is 0 Å². The second kappa shape index (κ2) is 8.63. The van der Waals surface area contributed by atoms with Gasteiger partial charge in [0, 0.05) is 12.3 Å². The third-order valence-electron chi connectivity index (χ3n) is 3.00. The summed E-state index contributed by atoms with van der Waals surface area (Å²) < 4.78 is 4.55. The molecule has 2 N–H and O–H groups in total. The number of methoxy groups -OCH3 is 1. The molecule has 2 aromatic heterocycles. The van der Waals surface area contributed by atoms with Crippen LogP contribution in [0.25, 0.3) is 0 Å². The van der Waals surface area contributed by atoms with Crippen LogP contribution in [0.3, 0.4) is 0 Å². The summed E-state index contributed by atoms with van der Waals surface area (Å²) in [5, 5.41) is 2.48. The second-order valence-electron chi connectivity index (χ2n) is 4.89. The highest BCUT2D eigenvalue weighted by molar-refractivity contribution is 8.00. The molecule has 132 valence electrons. The van der Waals surface area contributed by atoms with Gasteiger partial charge in [-0.3, -0.25) is 14.4 Å². The number of H-pyrrole nitrogens is 1. The number of carbonyl (C=O) groups excluding carboxylic acids is 2. The largest absolute Gasteiger partial charge is 0.469 e. The lowest BCUT2D eigenvalue weighted by Gasteiger charge is -2.12. The van der Waals surface area contributed by atoms with Crippen molar-refractivity contribution in [2.75, 3.05) is 12.4 Å². The van der Waals surface area contributed by atoms with Crippen LogP contribution in [-0.2, 0) is 20.7 Å². The Labute approximate surface area is 152 Å². The predicted molar refractivity (Wildman–Crippen MR) is 93.8 cm³/mol. The lowest BCUT2D eigenvalue weighted by atomic mass is 10.3. The van der Waals surface area contributed by atoms with Crippen LogP contribution >= 0.6 is 23.4 Å². The minimum Gasteiger partial charge on any atom is -0.469 e. The van der Waals surface area contributed by atoms with E-state index in [4.69, 9.17) is 11.6 Å². The summed E-state index contributed by atoms with van der Waals surface area (Å²) in [6, 6.07) is 4.48. The molecule has 0 fully saturated rings. The lowest BCUT2D eigenvalue weighted by Crippen LogP contribution is -2.23. The summed E-state index contributed by atoms with van der Waals surface area (Å²) in [4.78, 5) is 45.8. The van der Waals surface area contributed by atoms with E-state index in [-0.39, 0.29) is 28.3 Å².